The number of pyridine rings is 1. The van der Waals surface area contributed by atoms with Gasteiger partial charge < -0.3 is 19.9 Å². The highest BCUT2D eigenvalue weighted by Crippen LogP contribution is 2.20. The maximum absolute atomic E-state index is 12.7. The molecule has 2 aromatic heterocycles. The minimum atomic E-state index is 0.0338. The van der Waals surface area contributed by atoms with Gasteiger partial charge in [0, 0.05) is 44.8 Å². The summed E-state index contributed by atoms with van der Waals surface area (Å²) in [4.78, 5) is 22.9. The van der Waals surface area contributed by atoms with Crippen LogP contribution < -0.4 is 5.32 Å². The second-order valence-electron chi connectivity index (χ2n) is 6.10. The van der Waals surface area contributed by atoms with E-state index >= 15 is 0 Å². The fourth-order valence-corrected chi connectivity index (χ4v) is 3.08. The summed E-state index contributed by atoms with van der Waals surface area (Å²) in [7, 11) is 0. The topological polar surface area (TPSA) is 83.3 Å². The molecule has 1 saturated heterocycles. The van der Waals surface area contributed by atoms with Crippen molar-refractivity contribution in [1.82, 2.24) is 19.4 Å². The molecule has 0 aliphatic carbocycles. The Morgan fingerprint density at radius 1 is 1.42 bits per heavy atom. The number of likely N-dealkylation sites (tertiary alicyclic amines) is 1. The molecule has 3 heterocycles. The number of hydrogen-bond acceptors (Lipinski definition) is 5. The van der Waals surface area contributed by atoms with Crippen molar-refractivity contribution in [2.45, 2.75) is 19.4 Å². The van der Waals surface area contributed by atoms with E-state index in [1.165, 1.54) is 0 Å². The predicted molar refractivity (Wildman–Crippen MR) is 90.7 cm³/mol. The lowest BCUT2D eigenvalue weighted by Crippen LogP contribution is -2.41. The lowest BCUT2D eigenvalue weighted by molar-refractivity contribution is 0.0662. The third kappa shape index (κ3) is 4.11. The van der Waals surface area contributed by atoms with Gasteiger partial charge >= 0.3 is 0 Å². The number of amides is 1. The number of rotatable bonds is 6. The van der Waals surface area contributed by atoms with Crippen LogP contribution in [0.15, 0.2) is 37.1 Å². The van der Waals surface area contributed by atoms with Gasteiger partial charge in [-0.25, -0.2) is 9.97 Å². The second kappa shape index (κ2) is 7.92. The van der Waals surface area contributed by atoms with Crippen molar-refractivity contribution >= 4 is 11.7 Å². The quantitative estimate of drug-likeness (QED) is 0.833. The SMILES string of the molecule is O=C(c1ccc(NCCO)nc1)N1CCC[C@H](Cn2ccnc2)C1. The van der Waals surface area contributed by atoms with E-state index in [1.54, 1.807) is 24.5 Å². The maximum Gasteiger partial charge on any atom is 0.255 e. The van der Waals surface area contributed by atoms with E-state index in [-0.39, 0.29) is 12.5 Å². The largest absolute Gasteiger partial charge is 0.395 e. The monoisotopic (exact) mass is 329 g/mol. The Balaban J connectivity index is 1.59. The molecular weight excluding hydrogens is 306 g/mol. The van der Waals surface area contributed by atoms with Gasteiger partial charge in [-0.15, -0.1) is 0 Å². The van der Waals surface area contributed by atoms with Gasteiger partial charge in [0.1, 0.15) is 5.82 Å². The molecule has 1 aliphatic rings. The highest BCUT2D eigenvalue weighted by Gasteiger charge is 2.24. The van der Waals surface area contributed by atoms with Crippen molar-refractivity contribution in [2.24, 2.45) is 5.92 Å². The van der Waals surface area contributed by atoms with Crippen molar-refractivity contribution in [3.8, 4) is 0 Å². The normalized spacial score (nSPS) is 17.7. The molecule has 2 N–H and O–H groups in total. The van der Waals surface area contributed by atoms with Gasteiger partial charge in [0.2, 0.25) is 0 Å². The van der Waals surface area contributed by atoms with Crippen LogP contribution in [0.25, 0.3) is 0 Å². The minimum Gasteiger partial charge on any atom is -0.395 e. The summed E-state index contributed by atoms with van der Waals surface area (Å²) >= 11 is 0. The van der Waals surface area contributed by atoms with Gasteiger partial charge in [0.05, 0.1) is 18.5 Å². The molecule has 0 aromatic carbocycles. The van der Waals surface area contributed by atoms with E-state index in [0.717, 1.165) is 32.5 Å². The van der Waals surface area contributed by atoms with Crippen LogP contribution in [0.2, 0.25) is 0 Å². The first-order chi connectivity index (χ1) is 11.8. The first-order valence-electron chi connectivity index (χ1n) is 8.32. The average molecular weight is 329 g/mol. The number of nitrogens with zero attached hydrogens (tertiary/aromatic N) is 4. The molecule has 1 atom stereocenters. The smallest absolute Gasteiger partial charge is 0.255 e. The van der Waals surface area contributed by atoms with E-state index in [1.807, 2.05) is 17.4 Å². The summed E-state index contributed by atoms with van der Waals surface area (Å²) in [6, 6.07) is 3.56. The van der Waals surface area contributed by atoms with Gasteiger partial charge in [-0.2, -0.15) is 0 Å². The lowest BCUT2D eigenvalue weighted by atomic mass is 9.97. The molecule has 2 aromatic rings. The number of aliphatic hydroxyl groups excluding tert-OH is 1. The number of anilines is 1. The number of imidazole rings is 1. The van der Waals surface area contributed by atoms with Crippen molar-refractivity contribution in [1.29, 1.82) is 0 Å². The van der Waals surface area contributed by atoms with E-state index in [0.29, 0.717) is 23.8 Å². The summed E-state index contributed by atoms with van der Waals surface area (Å²) in [5.41, 5.74) is 0.604. The third-order valence-corrected chi connectivity index (χ3v) is 4.26. The van der Waals surface area contributed by atoms with Crippen molar-refractivity contribution in [3.63, 3.8) is 0 Å². The molecule has 24 heavy (non-hydrogen) atoms. The summed E-state index contributed by atoms with van der Waals surface area (Å²) < 4.78 is 2.07. The fourth-order valence-electron chi connectivity index (χ4n) is 3.08. The Morgan fingerprint density at radius 2 is 2.33 bits per heavy atom. The van der Waals surface area contributed by atoms with Crippen LogP contribution in [0.4, 0.5) is 5.82 Å². The Bertz CT molecular complexity index is 642. The summed E-state index contributed by atoms with van der Waals surface area (Å²) in [6.45, 7) is 2.95. The zero-order valence-electron chi connectivity index (χ0n) is 13.6. The first kappa shape index (κ1) is 16.4. The molecule has 0 saturated carbocycles. The molecule has 1 fully saturated rings. The standard InChI is InChI=1S/C17H23N5O2/c23-9-6-19-16-4-3-15(10-20-16)17(24)22-7-1-2-14(12-22)11-21-8-5-18-13-21/h3-5,8,10,13-14,23H,1-2,6-7,9,11-12H2,(H,19,20)/t14-/m1/s1. The Labute approximate surface area is 141 Å². The Morgan fingerprint density at radius 3 is 3.04 bits per heavy atom. The number of piperidine rings is 1. The Kier molecular flexibility index (Phi) is 5.43. The number of aliphatic hydroxyl groups is 1. The molecule has 0 spiro atoms. The van der Waals surface area contributed by atoms with Crippen LogP contribution >= 0.6 is 0 Å². The van der Waals surface area contributed by atoms with Crippen LogP contribution in [0.5, 0.6) is 0 Å². The van der Waals surface area contributed by atoms with Crippen LogP contribution in [0, 0.1) is 5.92 Å². The molecule has 7 heteroatoms. The fraction of sp³-hybridized carbons (Fsp3) is 0.471. The lowest BCUT2D eigenvalue weighted by Gasteiger charge is -2.33. The van der Waals surface area contributed by atoms with E-state index in [9.17, 15) is 4.79 Å². The molecular formula is C17H23N5O2. The van der Waals surface area contributed by atoms with Gasteiger partial charge in [0.25, 0.3) is 5.91 Å². The first-order valence-corrected chi connectivity index (χ1v) is 8.32. The average Bonchev–Trinajstić information content (AvgIpc) is 3.13. The molecule has 1 aliphatic heterocycles. The number of carbonyl (C=O) groups excluding carboxylic acids is 1. The van der Waals surface area contributed by atoms with Gasteiger partial charge in [-0.05, 0) is 30.9 Å². The predicted octanol–water partition coefficient (Wildman–Crippen LogP) is 1.23. The van der Waals surface area contributed by atoms with E-state index < -0.39 is 0 Å². The number of aromatic nitrogens is 3. The van der Waals surface area contributed by atoms with Gasteiger partial charge in [-0.3, -0.25) is 4.79 Å². The zero-order valence-corrected chi connectivity index (χ0v) is 13.6. The number of hydrogen-bond donors (Lipinski definition) is 2. The van der Waals surface area contributed by atoms with E-state index in [2.05, 4.69) is 19.9 Å². The summed E-state index contributed by atoms with van der Waals surface area (Å²) in [5, 5.41) is 11.8. The molecule has 7 nitrogen and oxygen atoms in total. The minimum absolute atomic E-state index is 0.0338. The maximum atomic E-state index is 12.7. The molecule has 0 radical (unpaired) electrons. The highest BCUT2D eigenvalue weighted by atomic mass is 16.3. The second-order valence-corrected chi connectivity index (χ2v) is 6.10. The molecule has 3 rings (SSSR count). The molecule has 0 bridgehead atoms. The van der Waals surface area contributed by atoms with Crippen molar-refractivity contribution in [3.05, 3.63) is 42.6 Å². The van der Waals surface area contributed by atoms with Gasteiger partial charge in [0.15, 0.2) is 0 Å². The molecule has 1 amide bonds. The van der Waals surface area contributed by atoms with Crippen molar-refractivity contribution in [2.75, 3.05) is 31.6 Å². The highest BCUT2D eigenvalue weighted by molar-refractivity contribution is 5.94. The van der Waals surface area contributed by atoms with Crippen LogP contribution in [-0.2, 0) is 6.54 Å². The third-order valence-electron chi connectivity index (χ3n) is 4.26. The molecule has 128 valence electrons. The molecule has 0 unspecified atom stereocenters. The Hall–Kier alpha value is -2.41. The summed E-state index contributed by atoms with van der Waals surface area (Å²) in [6.07, 6.45) is 9.32. The van der Waals surface area contributed by atoms with Crippen LogP contribution in [0.3, 0.4) is 0 Å². The van der Waals surface area contributed by atoms with Crippen LogP contribution in [-0.4, -0.2) is 56.7 Å². The van der Waals surface area contributed by atoms with Crippen LogP contribution in [0.1, 0.15) is 23.2 Å². The summed E-state index contributed by atoms with van der Waals surface area (Å²) in [5.74, 6) is 1.15. The zero-order chi connectivity index (χ0) is 16.8. The van der Waals surface area contributed by atoms with Crippen molar-refractivity contribution < 1.29 is 9.90 Å². The van der Waals surface area contributed by atoms with Gasteiger partial charge in [-0.1, -0.05) is 0 Å². The van der Waals surface area contributed by atoms with E-state index in [4.69, 9.17) is 5.11 Å². The number of nitrogens with one attached hydrogen (secondary N) is 1. The number of carbonyl (C=O) groups is 1.